The molecule has 3 aromatic rings. The van der Waals surface area contributed by atoms with Crippen LogP contribution in [0.1, 0.15) is 10.4 Å². The Hall–Kier alpha value is -2.82. The Morgan fingerprint density at radius 1 is 1.15 bits per heavy atom. The van der Waals surface area contributed by atoms with Crippen molar-refractivity contribution >= 4 is 22.4 Å². The second kappa shape index (κ2) is 5.05. The molecule has 1 N–H and O–H groups in total. The molecule has 4 nitrogen and oxygen atoms in total. The second-order valence-electron chi connectivity index (χ2n) is 4.22. The van der Waals surface area contributed by atoms with E-state index in [1.165, 1.54) is 12.3 Å². The van der Waals surface area contributed by atoms with Gasteiger partial charge in [-0.3, -0.25) is 9.78 Å². The van der Waals surface area contributed by atoms with Crippen molar-refractivity contribution in [2.24, 2.45) is 0 Å². The number of rotatable bonds is 2. The van der Waals surface area contributed by atoms with E-state index in [1.807, 2.05) is 18.2 Å². The summed E-state index contributed by atoms with van der Waals surface area (Å²) >= 11 is 0. The highest BCUT2D eigenvalue weighted by Crippen LogP contribution is 2.22. The zero-order valence-corrected chi connectivity index (χ0v) is 10.4. The number of anilines is 1. The molecule has 1 aromatic carbocycles. The molecule has 0 spiro atoms. The van der Waals surface area contributed by atoms with E-state index < -0.39 is 5.95 Å². The molecule has 0 saturated heterocycles. The summed E-state index contributed by atoms with van der Waals surface area (Å²) < 4.78 is 13.0. The van der Waals surface area contributed by atoms with Crippen molar-refractivity contribution < 1.29 is 9.18 Å². The molecule has 0 bridgehead atoms. The van der Waals surface area contributed by atoms with Crippen LogP contribution in [0.25, 0.3) is 10.8 Å². The van der Waals surface area contributed by atoms with Crippen molar-refractivity contribution in [1.82, 2.24) is 9.97 Å². The molecule has 0 atom stereocenters. The third-order valence-corrected chi connectivity index (χ3v) is 2.92. The van der Waals surface area contributed by atoms with Crippen molar-refractivity contribution in [3.05, 3.63) is 66.5 Å². The fourth-order valence-electron chi connectivity index (χ4n) is 1.97. The van der Waals surface area contributed by atoms with Gasteiger partial charge in [0.2, 0.25) is 5.95 Å². The highest BCUT2D eigenvalue weighted by Gasteiger charge is 2.09. The van der Waals surface area contributed by atoms with Gasteiger partial charge in [-0.2, -0.15) is 4.39 Å². The molecule has 0 radical (unpaired) electrons. The summed E-state index contributed by atoms with van der Waals surface area (Å²) in [5.74, 6) is -1.06. The molecule has 98 valence electrons. The Bertz CT molecular complexity index is 783. The molecule has 20 heavy (non-hydrogen) atoms. The predicted octanol–water partition coefficient (Wildman–Crippen LogP) is 3.02. The van der Waals surface area contributed by atoms with Crippen molar-refractivity contribution in [1.29, 1.82) is 0 Å². The minimum atomic E-state index is -0.681. The van der Waals surface area contributed by atoms with Gasteiger partial charge in [0.15, 0.2) is 0 Å². The predicted molar refractivity (Wildman–Crippen MR) is 73.9 cm³/mol. The number of halogens is 1. The van der Waals surface area contributed by atoms with Gasteiger partial charge in [0.05, 0.1) is 0 Å². The maximum Gasteiger partial charge on any atom is 0.255 e. The molecule has 0 unspecified atom stereocenters. The first-order valence-electron chi connectivity index (χ1n) is 6.00. The van der Waals surface area contributed by atoms with Crippen LogP contribution in [0, 0.1) is 5.95 Å². The lowest BCUT2D eigenvalue weighted by atomic mass is 10.1. The smallest absolute Gasteiger partial charge is 0.255 e. The Morgan fingerprint density at radius 2 is 2.05 bits per heavy atom. The summed E-state index contributed by atoms with van der Waals surface area (Å²) in [5.41, 5.74) is 0.885. The molecule has 2 aromatic heterocycles. The van der Waals surface area contributed by atoms with Gasteiger partial charge in [-0.1, -0.05) is 12.1 Å². The van der Waals surface area contributed by atoms with Gasteiger partial charge in [0.1, 0.15) is 0 Å². The molecule has 0 aliphatic rings. The number of nitrogens with one attached hydrogen (secondary N) is 1. The molecule has 0 aliphatic carbocycles. The Labute approximate surface area is 114 Å². The van der Waals surface area contributed by atoms with Crippen LogP contribution in [0.5, 0.6) is 0 Å². The molecular weight excluding hydrogens is 257 g/mol. The monoisotopic (exact) mass is 267 g/mol. The van der Waals surface area contributed by atoms with Crippen molar-refractivity contribution in [3.63, 3.8) is 0 Å². The number of nitrogens with zero attached hydrogens (tertiary/aromatic N) is 2. The highest BCUT2D eigenvalue weighted by molar-refractivity contribution is 6.08. The maximum absolute atomic E-state index is 13.0. The number of carbonyl (C=O) groups excluding carboxylic acids is 1. The molecule has 0 saturated carbocycles. The first-order valence-corrected chi connectivity index (χ1v) is 6.00. The number of aromatic nitrogens is 2. The van der Waals surface area contributed by atoms with Crippen LogP contribution in [-0.4, -0.2) is 15.9 Å². The lowest BCUT2D eigenvalue weighted by Gasteiger charge is -2.08. The first kappa shape index (κ1) is 12.2. The summed E-state index contributed by atoms with van der Waals surface area (Å²) in [6.45, 7) is 0. The Kier molecular flexibility index (Phi) is 3.09. The van der Waals surface area contributed by atoms with E-state index in [9.17, 15) is 9.18 Å². The number of hydrogen-bond donors (Lipinski definition) is 1. The van der Waals surface area contributed by atoms with Crippen LogP contribution in [0.2, 0.25) is 0 Å². The fraction of sp³-hybridized carbons (Fsp3) is 0. The van der Waals surface area contributed by atoms with E-state index in [1.54, 1.807) is 18.5 Å². The van der Waals surface area contributed by atoms with Crippen LogP contribution < -0.4 is 5.32 Å². The minimum Gasteiger partial charge on any atom is -0.321 e. The molecule has 0 fully saturated rings. The van der Waals surface area contributed by atoms with Crippen molar-refractivity contribution in [2.75, 3.05) is 5.32 Å². The van der Waals surface area contributed by atoms with Gasteiger partial charge in [-0.15, -0.1) is 0 Å². The minimum absolute atomic E-state index is 0.226. The highest BCUT2D eigenvalue weighted by atomic mass is 19.1. The van der Waals surface area contributed by atoms with E-state index in [4.69, 9.17) is 0 Å². The average molecular weight is 267 g/mol. The Balaban J connectivity index is 1.95. The summed E-state index contributed by atoms with van der Waals surface area (Å²) in [4.78, 5) is 19.5. The number of benzene rings is 1. The summed E-state index contributed by atoms with van der Waals surface area (Å²) in [6, 6.07) is 9.90. The Morgan fingerprint density at radius 3 is 2.90 bits per heavy atom. The molecule has 2 heterocycles. The zero-order chi connectivity index (χ0) is 13.9. The van der Waals surface area contributed by atoms with Crippen molar-refractivity contribution in [3.8, 4) is 0 Å². The van der Waals surface area contributed by atoms with Gasteiger partial charge < -0.3 is 5.32 Å². The molecule has 3 rings (SSSR count). The van der Waals surface area contributed by atoms with Crippen LogP contribution in [0.4, 0.5) is 10.1 Å². The lowest BCUT2D eigenvalue weighted by Crippen LogP contribution is -2.12. The molecule has 0 aliphatic heterocycles. The normalized spacial score (nSPS) is 10.4. The SMILES string of the molecule is O=C(Nc1cccc2cnccc12)c1ccnc(F)c1. The van der Waals surface area contributed by atoms with E-state index in [2.05, 4.69) is 15.3 Å². The average Bonchev–Trinajstić information content (AvgIpc) is 2.47. The number of carbonyl (C=O) groups is 1. The lowest BCUT2D eigenvalue weighted by molar-refractivity contribution is 0.102. The zero-order valence-electron chi connectivity index (χ0n) is 10.4. The van der Waals surface area contributed by atoms with E-state index in [-0.39, 0.29) is 11.5 Å². The second-order valence-corrected chi connectivity index (χ2v) is 4.22. The van der Waals surface area contributed by atoms with E-state index >= 15 is 0 Å². The molecular formula is C15H10FN3O. The van der Waals surface area contributed by atoms with Crippen LogP contribution in [-0.2, 0) is 0 Å². The third kappa shape index (κ3) is 2.33. The topological polar surface area (TPSA) is 54.9 Å². The number of amides is 1. The van der Waals surface area contributed by atoms with Crippen molar-refractivity contribution in [2.45, 2.75) is 0 Å². The summed E-state index contributed by atoms with van der Waals surface area (Å²) in [7, 11) is 0. The van der Waals surface area contributed by atoms with Crippen LogP contribution in [0.3, 0.4) is 0 Å². The van der Waals surface area contributed by atoms with E-state index in [0.29, 0.717) is 5.69 Å². The summed E-state index contributed by atoms with van der Waals surface area (Å²) in [6.07, 6.45) is 4.64. The van der Waals surface area contributed by atoms with Gasteiger partial charge in [-0.05, 0) is 18.2 Å². The van der Waals surface area contributed by atoms with Gasteiger partial charge in [-0.25, -0.2) is 4.98 Å². The molecule has 1 amide bonds. The largest absolute Gasteiger partial charge is 0.321 e. The number of pyridine rings is 2. The number of hydrogen-bond acceptors (Lipinski definition) is 3. The van der Waals surface area contributed by atoms with Crippen LogP contribution >= 0.6 is 0 Å². The number of fused-ring (bicyclic) bond motifs is 1. The molecule has 5 heteroatoms. The third-order valence-electron chi connectivity index (χ3n) is 2.92. The quantitative estimate of drug-likeness (QED) is 0.726. The van der Waals surface area contributed by atoms with E-state index in [0.717, 1.165) is 16.8 Å². The van der Waals surface area contributed by atoms with Gasteiger partial charge in [0.25, 0.3) is 5.91 Å². The standard InChI is InChI=1S/C15H10FN3O/c16-14-8-10(4-7-18-14)15(20)19-13-3-1-2-11-9-17-6-5-12(11)13/h1-9H,(H,19,20). The first-order chi connectivity index (χ1) is 9.74. The van der Waals surface area contributed by atoms with Gasteiger partial charge in [0, 0.05) is 46.7 Å². The maximum atomic E-state index is 13.0. The van der Waals surface area contributed by atoms with Gasteiger partial charge >= 0.3 is 0 Å². The van der Waals surface area contributed by atoms with Crippen LogP contribution in [0.15, 0.2) is 55.0 Å². The fourth-order valence-corrected chi connectivity index (χ4v) is 1.97. The summed E-state index contributed by atoms with van der Waals surface area (Å²) in [5, 5.41) is 4.57.